The number of rotatable bonds is 6. The Labute approximate surface area is 109 Å². The number of aliphatic hydroxyl groups excluding tert-OH is 1. The SMILES string of the molecule is Cc1ccc2c(c1)[C@@H](NCCOCCO)[C@@H](C)C2. The molecule has 0 bridgehead atoms. The summed E-state index contributed by atoms with van der Waals surface area (Å²) in [5, 5.41) is 12.2. The molecule has 0 saturated carbocycles. The molecular formula is C15H23NO2. The van der Waals surface area contributed by atoms with Crippen molar-refractivity contribution in [1.29, 1.82) is 0 Å². The molecule has 0 spiro atoms. The predicted octanol–water partition coefficient (Wildman–Crippen LogP) is 1.83. The number of fused-ring (bicyclic) bond motifs is 1. The van der Waals surface area contributed by atoms with Crippen LogP contribution in [0, 0.1) is 12.8 Å². The van der Waals surface area contributed by atoms with Gasteiger partial charge in [-0.3, -0.25) is 0 Å². The van der Waals surface area contributed by atoms with E-state index in [1.54, 1.807) is 0 Å². The van der Waals surface area contributed by atoms with Crippen LogP contribution in [0.5, 0.6) is 0 Å². The number of ether oxygens (including phenoxy) is 1. The van der Waals surface area contributed by atoms with Gasteiger partial charge in [-0.1, -0.05) is 30.7 Å². The van der Waals surface area contributed by atoms with Gasteiger partial charge in [0.05, 0.1) is 19.8 Å². The number of nitrogens with one attached hydrogen (secondary N) is 1. The van der Waals surface area contributed by atoms with E-state index in [9.17, 15) is 0 Å². The Balaban J connectivity index is 1.91. The Morgan fingerprint density at radius 1 is 1.39 bits per heavy atom. The highest BCUT2D eigenvalue weighted by Gasteiger charge is 2.28. The second-order valence-electron chi connectivity index (χ2n) is 5.15. The molecule has 3 nitrogen and oxygen atoms in total. The zero-order chi connectivity index (χ0) is 13.0. The summed E-state index contributed by atoms with van der Waals surface area (Å²) < 4.78 is 5.28. The van der Waals surface area contributed by atoms with Gasteiger partial charge in [0, 0.05) is 12.6 Å². The Morgan fingerprint density at radius 2 is 2.22 bits per heavy atom. The third kappa shape index (κ3) is 3.10. The second-order valence-corrected chi connectivity index (χ2v) is 5.15. The number of aliphatic hydroxyl groups is 1. The van der Waals surface area contributed by atoms with E-state index in [4.69, 9.17) is 9.84 Å². The molecule has 0 radical (unpaired) electrons. The quantitative estimate of drug-likeness (QED) is 0.756. The maximum absolute atomic E-state index is 8.63. The fourth-order valence-corrected chi connectivity index (χ4v) is 2.73. The highest BCUT2D eigenvalue weighted by atomic mass is 16.5. The zero-order valence-electron chi connectivity index (χ0n) is 11.3. The zero-order valence-corrected chi connectivity index (χ0v) is 11.3. The van der Waals surface area contributed by atoms with E-state index in [-0.39, 0.29) is 6.61 Å². The first-order chi connectivity index (χ1) is 8.72. The first kappa shape index (κ1) is 13.5. The smallest absolute Gasteiger partial charge is 0.0698 e. The molecule has 2 atom stereocenters. The molecule has 1 aromatic rings. The number of hydrogen-bond donors (Lipinski definition) is 2. The van der Waals surface area contributed by atoms with Crippen LogP contribution in [0.4, 0.5) is 0 Å². The molecule has 1 aromatic carbocycles. The van der Waals surface area contributed by atoms with E-state index >= 15 is 0 Å². The number of benzene rings is 1. The van der Waals surface area contributed by atoms with Gasteiger partial charge in [0.25, 0.3) is 0 Å². The van der Waals surface area contributed by atoms with Crippen LogP contribution in [-0.4, -0.2) is 31.5 Å². The topological polar surface area (TPSA) is 41.5 Å². The molecule has 0 aliphatic heterocycles. The van der Waals surface area contributed by atoms with Crippen LogP contribution in [-0.2, 0) is 11.2 Å². The minimum absolute atomic E-state index is 0.0991. The molecule has 0 saturated heterocycles. The van der Waals surface area contributed by atoms with Crippen molar-refractivity contribution in [3.05, 3.63) is 34.9 Å². The summed E-state index contributed by atoms with van der Waals surface area (Å²) in [5.41, 5.74) is 4.25. The molecule has 2 N–H and O–H groups in total. The monoisotopic (exact) mass is 249 g/mol. The lowest BCUT2D eigenvalue weighted by molar-refractivity contribution is 0.0918. The summed E-state index contributed by atoms with van der Waals surface area (Å²) in [6.45, 7) is 6.46. The van der Waals surface area contributed by atoms with Crippen LogP contribution in [0.1, 0.15) is 29.7 Å². The molecule has 0 unspecified atom stereocenters. The van der Waals surface area contributed by atoms with Crippen molar-refractivity contribution in [2.75, 3.05) is 26.4 Å². The van der Waals surface area contributed by atoms with Gasteiger partial charge in [-0.2, -0.15) is 0 Å². The summed E-state index contributed by atoms with van der Waals surface area (Å²) in [6, 6.07) is 7.19. The fraction of sp³-hybridized carbons (Fsp3) is 0.600. The van der Waals surface area contributed by atoms with E-state index in [1.165, 1.54) is 16.7 Å². The lowest BCUT2D eigenvalue weighted by atomic mass is 10.0. The molecule has 100 valence electrons. The van der Waals surface area contributed by atoms with Crippen LogP contribution >= 0.6 is 0 Å². The van der Waals surface area contributed by atoms with Crippen LogP contribution in [0.25, 0.3) is 0 Å². The molecule has 1 aliphatic rings. The van der Waals surface area contributed by atoms with E-state index < -0.39 is 0 Å². The average Bonchev–Trinajstić information content (AvgIpc) is 2.65. The van der Waals surface area contributed by atoms with Crippen molar-refractivity contribution < 1.29 is 9.84 Å². The number of aryl methyl sites for hydroxylation is 1. The van der Waals surface area contributed by atoms with Gasteiger partial charge in [0.15, 0.2) is 0 Å². The molecular weight excluding hydrogens is 226 g/mol. The second kappa shape index (κ2) is 6.32. The van der Waals surface area contributed by atoms with Crippen LogP contribution in [0.15, 0.2) is 18.2 Å². The van der Waals surface area contributed by atoms with E-state index in [2.05, 4.69) is 37.4 Å². The van der Waals surface area contributed by atoms with Crippen LogP contribution in [0.2, 0.25) is 0 Å². The highest BCUT2D eigenvalue weighted by Crippen LogP contribution is 2.36. The minimum atomic E-state index is 0.0991. The van der Waals surface area contributed by atoms with Gasteiger partial charge in [-0.05, 0) is 30.4 Å². The van der Waals surface area contributed by atoms with Crippen molar-refractivity contribution in [1.82, 2.24) is 5.32 Å². The van der Waals surface area contributed by atoms with E-state index in [1.807, 2.05) is 0 Å². The lowest BCUT2D eigenvalue weighted by Crippen LogP contribution is -2.27. The third-order valence-corrected chi connectivity index (χ3v) is 3.59. The summed E-state index contributed by atoms with van der Waals surface area (Å²) in [6.07, 6.45) is 1.16. The summed E-state index contributed by atoms with van der Waals surface area (Å²) in [7, 11) is 0. The Hall–Kier alpha value is -0.900. The van der Waals surface area contributed by atoms with E-state index in [0.29, 0.717) is 25.2 Å². The van der Waals surface area contributed by atoms with Crippen LogP contribution < -0.4 is 5.32 Å². The Kier molecular flexibility index (Phi) is 4.75. The number of hydrogen-bond acceptors (Lipinski definition) is 3. The Bertz CT molecular complexity index is 392. The lowest BCUT2D eigenvalue weighted by Gasteiger charge is -2.19. The van der Waals surface area contributed by atoms with E-state index in [0.717, 1.165) is 13.0 Å². The molecule has 0 fully saturated rings. The van der Waals surface area contributed by atoms with Gasteiger partial charge in [-0.25, -0.2) is 0 Å². The average molecular weight is 249 g/mol. The van der Waals surface area contributed by atoms with Crippen molar-refractivity contribution >= 4 is 0 Å². The molecule has 0 aromatic heterocycles. The first-order valence-electron chi connectivity index (χ1n) is 6.74. The normalized spacial score (nSPS) is 22.2. The highest BCUT2D eigenvalue weighted by molar-refractivity contribution is 5.38. The predicted molar refractivity (Wildman–Crippen MR) is 72.7 cm³/mol. The van der Waals surface area contributed by atoms with Crippen molar-refractivity contribution in [3.63, 3.8) is 0 Å². The van der Waals surface area contributed by atoms with Gasteiger partial charge in [0.2, 0.25) is 0 Å². The standard InChI is InChI=1S/C15H23NO2/c1-11-3-4-13-10-12(2)15(14(13)9-11)16-5-7-18-8-6-17/h3-4,9,12,15-17H,5-8,10H2,1-2H3/t12-,15-/m0/s1. The molecule has 0 heterocycles. The van der Waals surface area contributed by atoms with Crippen molar-refractivity contribution in [3.8, 4) is 0 Å². The van der Waals surface area contributed by atoms with Gasteiger partial charge >= 0.3 is 0 Å². The van der Waals surface area contributed by atoms with Gasteiger partial charge in [-0.15, -0.1) is 0 Å². The molecule has 0 amide bonds. The Morgan fingerprint density at radius 3 is 3.00 bits per heavy atom. The fourth-order valence-electron chi connectivity index (χ4n) is 2.73. The maximum Gasteiger partial charge on any atom is 0.0698 e. The molecule has 3 heteroatoms. The van der Waals surface area contributed by atoms with Gasteiger partial charge < -0.3 is 15.2 Å². The van der Waals surface area contributed by atoms with Crippen molar-refractivity contribution in [2.45, 2.75) is 26.3 Å². The summed E-state index contributed by atoms with van der Waals surface area (Å²) >= 11 is 0. The van der Waals surface area contributed by atoms with Crippen molar-refractivity contribution in [2.24, 2.45) is 5.92 Å². The third-order valence-electron chi connectivity index (χ3n) is 3.59. The van der Waals surface area contributed by atoms with Crippen LogP contribution in [0.3, 0.4) is 0 Å². The summed E-state index contributed by atoms with van der Waals surface area (Å²) in [4.78, 5) is 0. The van der Waals surface area contributed by atoms with Gasteiger partial charge in [0.1, 0.15) is 0 Å². The minimum Gasteiger partial charge on any atom is -0.394 e. The molecule has 18 heavy (non-hydrogen) atoms. The maximum atomic E-state index is 8.63. The molecule has 1 aliphatic carbocycles. The molecule has 2 rings (SSSR count). The largest absolute Gasteiger partial charge is 0.394 e. The summed E-state index contributed by atoms with van der Waals surface area (Å²) in [5.74, 6) is 0.639. The first-order valence-corrected chi connectivity index (χ1v) is 6.74.